The van der Waals surface area contributed by atoms with Crippen LogP contribution in [0.1, 0.15) is 0 Å². The highest BCUT2D eigenvalue weighted by Gasteiger charge is 2.43. The molecule has 0 aromatic rings. The maximum absolute atomic E-state index is 10.1. The van der Waals surface area contributed by atoms with E-state index in [0.717, 1.165) is 0 Å². The smallest absolute Gasteiger partial charge is 0.355 e. The molecule has 0 atom stereocenters. The maximum atomic E-state index is 10.1. The Labute approximate surface area is 65.5 Å². The van der Waals surface area contributed by atoms with E-state index in [9.17, 15) is 14.4 Å². The second-order valence-corrected chi connectivity index (χ2v) is 5.47. The summed E-state index contributed by atoms with van der Waals surface area (Å²) in [5.74, 6) is 0. The summed E-state index contributed by atoms with van der Waals surface area (Å²) in [6, 6.07) is -4.35. The molecule has 62 valence electrons. The Balaban J connectivity index is 5.18. The van der Waals surface area contributed by atoms with E-state index >= 15 is 0 Å². The van der Waals surface area contributed by atoms with Crippen molar-refractivity contribution in [1.82, 2.24) is 0 Å². The summed E-state index contributed by atoms with van der Waals surface area (Å²) in [5.41, 5.74) is -5.90. The lowest BCUT2D eigenvalue weighted by atomic mass is 11.5. The van der Waals surface area contributed by atoms with Crippen molar-refractivity contribution in [3.05, 3.63) is 0 Å². The molecule has 0 aliphatic rings. The summed E-state index contributed by atoms with van der Waals surface area (Å²) < 4.78 is 0. The van der Waals surface area contributed by atoms with E-state index in [2.05, 4.69) is 11.8 Å². The number of carboxylic acid groups (broad SMARTS) is 3. The van der Waals surface area contributed by atoms with Crippen LogP contribution in [0.3, 0.4) is 0 Å². The van der Waals surface area contributed by atoms with Crippen LogP contribution in [0.25, 0.3) is 0 Å². The van der Waals surface area contributed by atoms with E-state index in [1.54, 1.807) is 0 Å². The largest absolute Gasteiger partial charge is 0.477 e. The van der Waals surface area contributed by atoms with Gasteiger partial charge in [-0.2, -0.15) is 0 Å². The zero-order chi connectivity index (χ0) is 9.23. The van der Waals surface area contributed by atoms with Crippen molar-refractivity contribution in [3.8, 4) is 0 Å². The Morgan fingerprint density at radius 2 is 1.09 bits per heavy atom. The Morgan fingerprint density at radius 3 is 1.09 bits per heavy atom. The average molecular weight is 198 g/mol. The monoisotopic (exact) mass is 198 g/mol. The van der Waals surface area contributed by atoms with Gasteiger partial charge in [-0.1, -0.05) is 11.8 Å². The Morgan fingerprint density at radius 1 is 0.909 bits per heavy atom. The molecule has 0 bridgehead atoms. The van der Waals surface area contributed by atoms with Gasteiger partial charge in [0.2, 0.25) is 0 Å². The number of rotatable bonds is 3. The second-order valence-electron chi connectivity index (χ2n) is 1.46. The summed E-state index contributed by atoms with van der Waals surface area (Å²) in [5, 5.41) is 24.5. The zero-order valence-electron chi connectivity index (χ0n) is 4.92. The van der Waals surface area contributed by atoms with E-state index < -0.39 is 23.2 Å². The molecule has 0 aromatic carbocycles. The lowest BCUT2D eigenvalue weighted by Crippen LogP contribution is -2.11. The van der Waals surface area contributed by atoms with Crippen molar-refractivity contribution in [1.29, 1.82) is 0 Å². The van der Waals surface area contributed by atoms with Gasteiger partial charge in [-0.25, -0.2) is 14.4 Å². The normalized spacial score (nSPS) is 10.5. The third-order valence-corrected chi connectivity index (χ3v) is 3.83. The average Bonchev–Trinajstić information content (AvgIpc) is 1.84. The number of hydrogen-bond acceptors (Lipinski definition) is 4. The van der Waals surface area contributed by atoms with Crippen molar-refractivity contribution in [3.63, 3.8) is 0 Å². The number of hydrogen-bond donors (Lipinski definition) is 3. The van der Waals surface area contributed by atoms with Crippen molar-refractivity contribution in [2.45, 2.75) is 0 Å². The first-order valence-corrected chi connectivity index (χ1v) is 4.94. The van der Waals surface area contributed by atoms with Gasteiger partial charge in [-0.3, -0.25) is 0 Å². The highest BCUT2D eigenvalue weighted by Crippen LogP contribution is 2.47. The van der Waals surface area contributed by atoms with Gasteiger partial charge >= 0.3 is 17.1 Å². The Kier molecular flexibility index (Phi) is 2.72. The highest BCUT2D eigenvalue weighted by molar-refractivity contribution is 8.37. The molecular weight excluding hydrogens is 195 g/mol. The molecule has 6 nitrogen and oxygen atoms in total. The quantitative estimate of drug-likeness (QED) is 0.589. The van der Waals surface area contributed by atoms with Crippen LogP contribution in [0.15, 0.2) is 0 Å². The van der Waals surface area contributed by atoms with Gasteiger partial charge in [0.05, 0.1) is 0 Å². The van der Waals surface area contributed by atoms with Crippen LogP contribution >= 0.6 is 6.04 Å². The fraction of sp³-hybridized carbons (Fsp3) is 0. The molecule has 0 radical (unpaired) electrons. The van der Waals surface area contributed by atoms with E-state index in [1.807, 2.05) is 0 Å². The molecule has 0 saturated heterocycles. The molecule has 0 spiro atoms. The molecule has 3 N–H and O–H groups in total. The molecule has 0 aliphatic heterocycles. The topological polar surface area (TPSA) is 112 Å². The van der Waals surface area contributed by atoms with Crippen LogP contribution < -0.4 is 0 Å². The molecule has 0 fully saturated rings. The molecule has 0 amide bonds. The van der Waals surface area contributed by atoms with Crippen LogP contribution in [-0.4, -0.2) is 32.5 Å². The number of carbonyl (C=O) groups is 3. The fourth-order valence-electron chi connectivity index (χ4n) is 0.245. The lowest BCUT2D eigenvalue weighted by Gasteiger charge is -2.03. The van der Waals surface area contributed by atoms with Gasteiger partial charge < -0.3 is 15.3 Å². The third-order valence-electron chi connectivity index (χ3n) is 0.808. The minimum atomic E-state index is -4.35. The summed E-state index contributed by atoms with van der Waals surface area (Å²) in [6.45, 7) is 0. The van der Waals surface area contributed by atoms with Crippen molar-refractivity contribution in [2.24, 2.45) is 0 Å². The SMILES string of the molecule is O=C(O)P(=S)(C(=O)O)C(=O)O. The predicted molar refractivity (Wildman–Crippen MR) is 38.4 cm³/mol. The van der Waals surface area contributed by atoms with Gasteiger partial charge in [0.1, 0.15) is 0 Å². The molecule has 0 aliphatic carbocycles. The molecule has 0 unspecified atom stereocenters. The van der Waals surface area contributed by atoms with E-state index in [0.29, 0.717) is 0 Å². The fourth-order valence-corrected chi connectivity index (χ4v) is 0.736. The van der Waals surface area contributed by atoms with Crippen molar-refractivity contribution in [2.75, 3.05) is 0 Å². The minimum Gasteiger partial charge on any atom is -0.477 e. The van der Waals surface area contributed by atoms with Crippen LogP contribution in [0, 0.1) is 0 Å². The summed E-state index contributed by atoms with van der Waals surface area (Å²) in [7, 11) is 0. The second kappa shape index (κ2) is 2.98. The lowest BCUT2D eigenvalue weighted by molar-refractivity contribution is 0.209. The molecule has 8 heteroatoms. The Bertz CT molecular complexity index is 226. The van der Waals surface area contributed by atoms with E-state index in [-0.39, 0.29) is 0 Å². The van der Waals surface area contributed by atoms with Crippen molar-refractivity contribution < 1.29 is 29.7 Å². The zero-order valence-corrected chi connectivity index (χ0v) is 6.63. The predicted octanol–water partition coefficient (Wildman–Crippen LogP) is 1.50. The summed E-state index contributed by atoms with van der Waals surface area (Å²) in [6.07, 6.45) is 0. The molecule has 0 aromatic heterocycles. The first-order valence-electron chi connectivity index (χ1n) is 2.14. The van der Waals surface area contributed by atoms with E-state index in [1.165, 1.54) is 0 Å². The molecule has 11 heavy (non-hydrogen) atoms. The van der Waals surface area contributed by atoms with Gasteiger partial charge in [-0.15, -0.1) is 0 Å². The van der Waals surface area contributed by atoms with Crippen LogP contribution in [-0.2, 0) is 11.8 Å². The molecular formula is C3H3O6PS. The van der Waals surface area contributed by atoms with E-state index in [4.69, 9.17) is 15.3 Å². The molecule has 0 heterocycles. The minimum absolute atomic E-state index is 1.97. The first-order chi connectivity index (χ1) is 4.83. The highest BCUT2D eigenvalue weighted by atomic mass is 32.4. The van der Waals surface area contributed by atoms with Crippen molar-refractivity contribution >= 4 is 35.0 Å². The van der Waals surface area contributed by atoms with Crippen LogP contribution in [0.4, 0.5) is 14.4 Å². The van der Waals surface area contributed by atoms with Gasteiger partial charge in [-0.05, 0) is 0 Å². The molecule has 0 rings (SSSR count). The Hall–Kier alpha value is -0.940. The van der Waals surface area contributed by atoms with Gasteiger partial charge in [0, 0.05) is 0 Å². The van der Waals surface area contributed by atoms with Gasteiger partial charge in [0.15, 0.2) is 0 Å². The van der Waals surface area contributed by atoms with Crippen LogP contribution in [0.5, 0.6) is 0 Å². The summed E-state index contributed by atoms with van der Waals surface area (Å²) >= 11 is 3.99. The standard InChI is InChI=1S/C3H3O6PS/c4-1(5)10(11,2(6)7)3(8)9/h(H,4,5)(H,6,7)(H,8,9). The van der Waals surface area contributed by atoms with Gasteiger partial charge in [0.25, 0.3) is 6.04 Å². The maximum Gasteiger partial charge on any atom is 0.355 e. The first kappa shape index (κ1) is 10.1. The third kappa shape index (κ3) is 1.55. The molecule has 0 saturated carbocycles. The van der Waals surface area contributed by atoms with Crippen LogP contribution in [0.2, 0.25) is 0 Å². The summed E-state index contributed by atoms with van der Waals surface area (Å²) in [4.78, 5) is 30.3.